The lowest BCUT2D eigenvalue weighted by atomic mass is 9.96. The minimum Gasteiger partial charge on any atom is -0.444 e. The maximum Gasteiger partial charge on any atom is 0.410 e. The molecule has 3 aromatic carbocycles. The Morgan fingerprint density at radius 1 is 1.02 bits per heavy atom. The van der Waals surface area contributed by atoms with Crippen LogP contribution in [0.5, 0.6) is 0 Å². The average Bonchev–Trinajstić information content (AvgIpc) is 3.42. The van der Waals surface area contributed by atoms with E-state index in [4.69, 9.17) is 9.47 Å². The molecule has 1 aromatic heterocycles. The van der Waals surface area contributed by atoms with Crippen molar-refractivity contribution >= 4 is 40.0 Å². The Bertz CT molecular complexity index is 1800. The van der Waals surface area contributed by atoms with Crippen LogP contribution in [0, 0.1) is 11.6 Å². The van der Waals surface area contributed by atoms with Gasteiger partial charge >= 0.3 is 6.09 Å². The van der Waals surface area contributed by atoms with Gasteiger partial charge in [-0.1, -0.05) is 18.2 Å². The molecule has 0 radical (unpaired) electrons. The lowest BCUT2D eigenvalue weighted by Crippen LogP contribution is -2.39. The van der Waals surface area contributed by atoms with Gasteiger partial charge in [0.25, 0.3) is 5.91 Å². The van der Waals surface area contributed by atoms with Crippen LogP contribution in [0.1, 0.15) is 67.1 Å². The third-order valence-corrected chi connectivity index (χ3v) is 8.27. The van der Waals surface area contributed by atoms with Crippen molar-refractivity contribution in [3.8, 4) is 0 Å². The van der Waals surface area contributed by atoms with Crippen molar-refractivity contribution in [2.45, 2.75) is 58.1 Å². The van der Waals surface area contributed by atoms with Gasteiger partial charge in [-0.3, -0.25) is 9.89 Å². The highest BCUT2D eigenvalue weighted by atomic mass is 19.1. The van der Waals surface area contributed by atoms with E-state index >= 15 is 0 Å². The van der Waals surface area contributed by atoms with Gasteiger partial charge in [0.1, 0.15) is 17.2 Å². The number of aromatic nitrogens is 2. The van der Waals surface area contributed by atoms with Crippen molar-refractivity contribution in [3.05, 3.63) is 94.6 Å². The summed E-state index contributed by atoms with van der Waals surface area (Å²) < 4.78 is 38.6. The number of rotatable bonds is 7. The van der Waals surface area contributed by atoms with Crippen LogP contribution in [0.15, 0.2) is 60.7 Å². The van der Waals surface area contributed by atoms with Crippen molar-refractivity contribution in [1.82, 2.24) is 15.1 Å². The first-order valence-corrected chi connectivity index (χ1v) is 15.9. The van der Waals surface area contributed by atoms with Gasteiger partial charge in [0.05, 0.1) is 11.1 Å². The highest BCUT2D eigenvalue weighted by Crippen LogP contribution is 2.31. The van der Waals surface area contributed by atoms with Crippen LogP contribution in [0.3, 0.4) is 0 Å². The van der Waals surface area contributed by atoms with Crippen molar-refractivity contribution in [1.29, 1.82) is 0 Å². The van der Waals surface area contributed by atoms with Gasteiger partial charge in [0.2, 0.25) is 0 Å². The number of nitrogens with zero attached hydrogens (tertiary/aromatic N) is 2. The van der Waals surface area contributed by atoms with Crippen LogP contribution in [-0.4, -0.2) is 65.0 Å². The fourth-order valence-electron chi connectivity index (χ4n) is 5.94. The zero-order chi connectivity index (χ0) is 33.1. The third kappa shape index (κ3) is 7.97. The maximum absolute atomic E-state index is 13.8. The Morgan fingerprint density at radius 3 is 2.49 bits per heavy atom. The molecule has 3 heterocycles. The molecule has 3 N–H and O–H groups in total. The summed E-state index contributed by atoms with van der Waals surface area (Å²) in [6.07, 6.45) is 4.32. The summed E-state index contributed by atoms with van der Waals surface area (Å²) in [5.74, 6) is -1.23. The zero-order valence-corrected chi connectivity index (χ0v) is 26.8. The number of anilines is 2. The summed E-state index contributed by atoms with van der Waals surface area (Å²) in [6, 6.07) is 14.9. The monoisotopic (exact) mass is 643 g/mol. The summed E-state index contributed by atoms with van der Waals surface area (Å²) in [7, 11) is 0. The van der Waals surface area contributed by atoms with Crippen molar-refractivity contribution in [2.75, 3.05) is 36.9 Å². The minimum atomic E-state index is -0.629. The van der Waals surface area contributed by atoms with Crippen LogP contribution in [0.4, 0.5) is 25.1 Å². The first kappa shape index (κ1) is 32.2. The van der Waals surface area contributed by atoms with E-state index in [-0.39, 0.29) is 18.0 Å². The van der Waals surface area contributed by atoms with E-state index in [2.05, 4.69) is 20.8 Å². The Kier molecular flexibility index (Phi) is 9.26. The fraction of sp³-hybridized carbons (Fsp3) is 0.361. The van der Waals surface area contributed by atoms with Crippen molar-refractivity contribution < 1.29 is 27.8 Å². The van der Waals surface area contributed by atoms with Crippen LogP contribution in [0.25, 0.3) is 16.5 Å². The van der Waals surface area contributed by atoms with E-state index in [1.165, 1.54) is 12.1 Å². The zero-order valence-electron chi connectivity index (χ0n) is 26.8. The quantitative estimate of drug-likeness (QED) is 0.195. The van der Waals surface area contributed by atoms with E-state index < -0.39 is 17.2 Å². The first-order chi connectivity index (χ1) is 22.5. The molecule has 1 fully saturated rings. The lowest BCUT2D eigenvalue weighted by molar-refractivity contribution is 0.0270. The number of H-pyrrole nitrogens is 1. The van der Waals surface area contributed by atoms with Gasteiger partial charge in [0.15, 0.2) is 5.82 Å². The van der Waals surface area contributed by atoms with Crippen LogP contribution < -0.4 is 10.6 Å². The fourth-order valence-corrected chi connectivity index (χ4v) is 5.94. The molecule has 9 nitrogen and oxygen atoms in total. The predicted molar refractivity (Wildman–Crippen MR) is 178 cm³/mol. The number of amides is 2. The number of fused-ring (bicyclic) bond motifs is 1. The molecular formula is C36H39F2N5O4. The molecule has 0 saturated carbocycles. The van der Waals surface area contributed by atoms with Crippen LogP contribution in [-0.2, 0) is 15.9 Å². The molecular weight excluding hydrogens is 604 g/mol. The Balaban J connectivity index is 1.23. The van der Waals surface area contributed by atoms with E-state index in [0.717, 1.165) is 41.1 Å². The second kappa shape index (κ2) is 13.5. The highest BCUT2D eigenvalue weighted by Gasteiger charge is 2.25. The number of hydrogen-bond acceptors (Lipinski definition) is 6. The summed E-state index contributed by atoms with van der Waals surface area (Å²) in [5.41, 5.74) is 4.72. The number of nitrogens with one attached hydrogen (secondary N) is 3. The normalized spacial score (nSPS) is 15.8. The van der Waals surface area contributed by atoms with Gasteiger partial charge in [-0.05, 0) is 105 Å². The number of benzene rings is 3. The second-order valence-corrected chi connectivity index (χ2v) is 13.1. The van der Waals surface area contributed by atoms with Gasteiger partial charge in [-0.15, -0.1) is 0 Å². The molecule has 0 spiro atoms. The maximum atomic E-state index is 13.8. The van der Waals surface area contributed by atoms with E-state index in [1.807, 2.05) is 63.2 Å². The molecule has 47 heavy (non-hydrogen) atoms. The number of hydrogen-bond donors (Lipinski definition) is 3. The number of halogens is 2. The SMILES string of the molecule is CC(C)(C)OC(=O)N1CC=C(c2ccc(C(=O)Nc3n[nH]c4ccc(Cc5cc(F)cc(F)c5)cc34)c(NC3CCOCC3)c2)CC1. The number of carbonyl (C=O) groups excluding carboxylic acids is 2. The van der Waals surface area contributed by atoms with Crippen molar-refractivity contribution in [2.24, 2.45) is 0 Å². The second-order valence-electron chi connectivity index (χ2n) is 13.1. The summed E-state index contributed by atoms with van der Waals surface area (Å²) >= 11 is 0. The molecule has 11 heteroatoms. The Hall–Kier alpha value is -4.77. The smallest absolute Gasteiger partial charge is 0.410 e. The van der Waals surface area contributed by atoms with Gasteiger partial charge in [-0.2, -0.15) is 5.10 Å². The molecule has 1 saturated heterocycles. The van der Waals surface area contributed by atoms with Gasteiger partial charge in [0, 0.05) is 49.5 Å². The topological polar surface area (TPSA) is 109 Å². The number of aromatic amines is 1. The Morgan fingerprint density at radius 2 is 1.79 bits per heavy atom. The molecule has 0 aliphatic carbocycles. The van der Waals surface area contributed by atoms with Gasteiger partial charge < -0.3 is 25.0 Å². The molecule has 2 amide bonds. The Labute approximate surface area is 272 Å². The minimum absolute atomic E-state index is 0.148. The lowest BCUT2D eigenvalue weighted by Gasteiger charge is -2.30. The first-order valence-electron chi connectivity index (χ1n) is 15.9. The van der Waals surface area contributed by atoms with E-state index in [0.29, 0.717) is 67.2 Å². The van der Waals surface area contributed by atoms with Crippen LogP contribution >= 0.6 is 0 Å². The highest BCUT2D eigenvalue weighted by molar-refractivity contribution is 6.11. The van der Waals surface area contributed by atoms with Crippen LogP contribution in [0.2, 0.25) is 0 Å². The molecule has 4 aromatic rings. The number of carbonyl (C=O) groups is 2. The summed E-state index contributed by atoms with van der Waals surface area (Å²) in [6.45, 7) is 7.83. The van der Waals surface area contributed by atoms with Gasteiger partial charge in [-0.25, -0.2) is 13.6 Å². The molecule has 6 rings (SSSR count). The average molecular weight is 644 g/mol. The third-order valence-electron chi connectivity index (χ3n) is 8.27. The molecule has 0 atom stereocenters. The molecule has 2 aliphatic heterocycles. The summed E-state index contributed by atoms with van der Waals surface area (Å²) in [5, 5.41) is 14.5. The molecule has 2 aliphatic rings. The standard InChI is InChI=1S/C36H39F2N5O4/c1-36(2,3)47-35(45)43-12-8-24(9-13-43)25-5-6-29(32(20-25)39-28-10-14-46-15-11-28)34(44)40-33-30-19-22(4-7-31(30)41-42-33)16-23-17-26(37)21-27(38)18-23/h4-8,17-21,28,39H,9-16H2,1-3H3,(H2,40,41,42,44). The summed E-state index contributed by atoms with van der Waals surface area (Å²) in [4.78, 5) is 28.1. The molecule has 0 bridgehead atoms. The van der Waals surface area contributed by atoms with Crippen molar-refractivity contribution in [3.63, 3.8) is 0 Å². The molecule has 246 valence electrons. The largest absolute Gasteiger partial charge is 0.444 e. The predicted octanol–water partition coefficient (Wildman–Crippen LogP) is 7.30. The van der Waals surface area contributed by atoms with E-state index in [1.54, 1.807) is 4.90 Å². The molecule has 0 unspecified atom stereocenters. The van der Waals surface area contributed by atoms with E-state index in [9.17, 15) is 18.4 Å². The number of ether oxygens (including phenoxy) is 2.